The highest BCUT2D eigenvalue weighted by molar-refractivity contribution is 7.26. The van der Waals surface area contributed by atoms with E-state index >= 15 is 0 Å². The number of rotatable bonds is 4. The van der Waals surface area contributed by atoms with Crippen LogP contribution in [0.5, 0.6) is 0 Å². The Bertz CT molecular complexity index is 4550. The van der Waals surface area contributed by atoms with Crippen molar-refractivity contribution in [1.82, 2.24) is 4.57 Å². The first-order valence-electron chi connectivity index (χ1n) is 29.2. The van der Waals surface area contributed by atoms with Crippen LogP contribution in [0.2, 0.25) is 0 Å². The van der Waals surface area contributed by atoms with Crippen molar-refractivity contribution in [1.29, 1.82) is 0 Å². The Morgan fingerprint density at radius 1 is 0.293 bits per heavy atom. The second-order valence-corrected chi connectivity index (χ2v) is 26.8. The molecule has 0 bridgehead atoms. The minimum Gasteiger partial charge on any atom is -0.309 e. The van der Waals surface area contributed by atoms with E-state index in [1.165, 1.54) is 154 Å². The lowest BCUT2D eigenvalue weighted by molar-refractivity contribution is 0.597. The summed E-state index contributed by atoms with van der Waals surface area (Å²) in [6, 6.07) is 85.8. The highest BCUT2D eigenvalue weighted by Crippen LogP contribution is 2.63. The van der Waals surface area contributed by atoms with Crippen LogP contribution in [0.1, 0.15) is 99.9 Å². The van der Waals surface area contributed by atoms with Crippen LogP contribution < -0.4 is 9.80 Å². The Balaban J connectivity index is 0.884. The average molecular weight is 1070 g/mol. The van der Waals surface area contributed by atoms with E-state index < -0.39 is 0 Å². The monoisotopic (exact) mass is 1070 g/mol. The number of fused-ring (bicyclic) bond motifs is 14. The Labute approximate surface area is 484 Å². The SMILES string of the molecule is CC1(C)c2ccccc2N2c3ccccc3C(C)(C)c3cc(-c4ccc5c(c4)c4cc(-c6cc7c8c(c6)C(C)(C)c6ccccc6N8c6ccccc6C7(C)C)ccc4n5-c4ccc(-c5cccc6c5sc5ccccc56)cc4)cc1c32. The van der Waals surface area contributed by atoms with Crippen molar-refractivity contribution < 1.29 is 0 Å². The topological polar surface area (TPSA) is 11.4 Å². The van der Waals surface area contributed by atoms with Crippen LogP contribution >= 0.6 is 11.3 Å². The number of nitrogens with zero attached hydrogens (tertiary/aromatic N) is 3. The zero-order chi connectivity index (χ0) is 55.3. The van der Waals surface area contributed by atoms with Gasteiger partial charge in [-0.15, -0.1) is 11.3 Å². The van der Waals surface area contributed by atoms with Gasteiger partial charge in [0.25, 0.3) is 0 Å². The summed E-state index contributed by atoms with van der Waals surface area (Å²) >= 11 is 1.89. The van der Waals surface area contributed by atoms with Crippen molar-refractivity contribution in [2.45, 2.75) is 77.0 Å². The normalized spacial score (nSPS) is 16.1. The molecule has 0 aliphatic carbocycles. The Morgan fingerprint density at radius 3 is 1.11 bits per heavy atom. The molecule has 0 N–H and O–H groups in total. The Kier molecular flexibility index (Phi) is 9.54. The fourth-order valence-electron chi connectivity index (χ4n) is 15.5. The van der Waals surface area contributed by atoms with Gasteiger partial charge >= 0.3 is 0 Å². The molecule has 0 amide bonds. The summed E-state index contributed by atoms with van der Waals surface area (Å²) in [4.78, 5) is 5.13. The molecule has 394 valence electrons. The van der Waals surface area contributed by atoms with E-state index in [2.05, 4.69) is 294 Å². The molecule has 11 aromatic carbocycles. The average Bonchev–Trinajstić information content (AvgIpc) is 2.06. The van der Waals surface area contributed by atoms with Gasteiger partial charge in [-0.1, -0.05) is 189 Å². The number of aromatic nitrogens is 1. The fraction of sp³-hybridized carbons (Fsp3) is 0.154. The summed E-state index contributed by atoms with van der Waals surface area (Å²) in [7, 11) is 0. The van der Waals surface area contributed by atoms with Crippen LogP contribution in [0.4, 0.5) is 34.1 Å². The van der Waals surface area contributed by atoms with Gasteiger partial charge in [-0.3, -0.25) is 0 Å². The second kappa shape index (κ2) is 16.4. The fourth-order valence-corrected chi connectivity index (χ4v) is 16.8. The van der Waals surface area contributed by atoms with Gasteiger partial charge in [0, 0.05) is 58.3 Å². The lowest BCUT2D eigenvalue weighted by Gasteiger charge is -2.49. The number of hydrogen-bond acceptors (Lipinski definition) is 3. The second-order valence-electron chi connectivity index (χ2n) is 25.7. The van der Waals surface area contributed by atoms with E-state index in [0.717, 1.165) is 5.69 Å². The first kappa shape index (κ1) is 47.8. The molecular formula is C78H61N3S. The minimum atomic E-state index is -0.238. The van der Waals surface area contributed by atoms with Crippen molar-refractivity contribution in [2.75, 3.05) is 9.80 Å². The standard InChI is InChI=1S/C78H61N3S/c1-75(2)57-23-10-14-27-67(57)80-68-28-15-11-24-58(68)76(3,4)62-43-49(42-61(75)72(62)80)47-34-38-65-55(40-47)56-41-48(35-39-66(56)79(65)51-36-32-46(33-37-51)52-21-19-22-54-53-20-9-18-31-71(53)82-74(52)54)50-44-63-73-64(45-50)78(7,8)60-26-13-17-30-70(60)81(73)69-29-16-12-25-59(69)77(63,5)6/h9-45H,1-8H3. The molecule has 82 heavy (non-hydrogen) atoms. The van der Waals surface area contributed by atoms with Gasteiger partial charge in [-0.2, -0.15) is 0 Å². The quantitative estimate of drug-likeness (QED) is 0.174. The number of para-hydroxylation sites is 4. The first-order valence-corrected chi connectivity index (χ1v) is 30.0. The van der Waals surface area contributed by atoms with Crippen LogP contribution in [0.15, 0.2) is 224 Å². The lowest BCUT2D eigenvalue weighted by atomic mass is 9.65. The third-order valence-electron chi connectivity index (χ3n) is 19.9. The van der Waals surface area contributed by atoms with Gasteiger partial charge in [-0.25, -0.2) is 0 Å². The predicted molar refractivity (Wildman–Crippen MR) is 348 cm³/mol. The van der Waals surface area contributed by atoms with Gasteiger partial charge in [-0.05, 0) is 169 Å². The molecule has 0 saturated heterocycles. The zero-order valence-corrected chi connectivity index (χ0v) is 48.4. The van der Waals surface area contributed by atoms with Gasteiger partial charge in [0.2, 0.25) is 0 Å². The molecule has 13 aromatic rings. The molecule has 17 rings (SSSR count). The first-order chi connectivity index (χ1) is 39.7. The van der Waals surface area contributed by atoms with Gasteiger partial charge in [0.05, 0.1) is 45.2 Å². The molecule has 4 aliphatic heterocycles. The van der Waals surface area contributed by atoms with E-state index in [1.807, 2.05) is 11.3 Å². The molecule has 2 aromatic heterocycles. The Hall–Kier alpha value is -8.96. The smallest absolute Gasteiger partial charge is 0.0544 e. The van der Waals surface area contributed by atoms with Crippen molar-refractivity contribution in [3.8, 4) is 39.1 Å². The molecule has 4 aliphatic rings. The summed E-state index contributed by atoms with van der Waals surface area (Å²) in [5, 5.41) is 5.12. The highest BCUT2D eigenvalue weighted by atomic mass is 32.1. The molecule has 0 spiro atoms. The van der Waals surface area contributed by atoms with E-state index in [1.54, 1.807) is 0 Å². The van der Waals surface area contributed by atoms with E-state index in [0.29, 0.717) is 0 Å². The van der Waals surface area contributed by atoms with Crippen LogP contribution in [0.3, 0.4) is 0 Å². The summed E-state index contributed by atoms with van der Waals surface area (Å²) < 4.78 is 5.16. The summed E-state index contributed by atoms with van der Waals surface area (Å²) in [6.45, 7) is 19.4. The molecule has 0 atom stereocenters. The van der Waals surface area contributed by atoms with E-state index in [-0.39, 0.29) is 21.7 Å². The van der Waals surface area contributed by atoms with Crippen molar-refractivity contribution in [3.63, 3.8) is 0 Å². The number of benzene rings is 11. The third-order valence-corrected chi connectivity index (χ3v) is 21.1. The molecule has 3 nitrogen and oxygen atoms in total. The maximum absolute atomic E-state index is 2.56. The minimum absolute atomic E-state index is 0.238. The molecule has 0 radical (unpaired) electrons. The van der Waals surface area contributed by atoms with Crippen LogP contribution in [-0.4, -0.2) is 4.57 Å². The van der Waals surface area contributed by atoms with Crippen LogP contribution in [0.25, 0.3) is 81.0 Å². The van der Waals surface area contributed by atoms with Crippen LogP contribution in [0, 0.1) is 0 Å². The maximum Gasteiger partial charge on any atom is 0.0544 e. The maximum atomic E-state index is 2.56. The predicted octanol–water partition coefficient (Wildman–Crippen LogP) is 21.6. The molecule has 0 saturated carbocycles. The third kappa shape index (κ3) is 6.25. The Morgan fingerprint density at radius 2 is 0.671 bits per heavy atom. The highest BCUT2D eigenvalue weighted by Gasteiger charge is 2.47. The lowest BCUT2D eigenvalue weighted by Crippen LogP contribution is -2.38. The molecule has 6 heterocycles. The summed E-state index contributed by atoms with van der Waals surface area (Å²) in [5.41, 5.74) is 28.6. The molecular weight excluding hydrogens is 1010 g/mol. The number of anilines is 6. The molecule has 0 unspecified atom stereocenters. The summed E-state index contributed by atoms with van der Waals surface area (Å²) in [5.74, 6) is 0. The number of thiophene rings is 1. The van der Waals surface area contributed by atoms with Crippen LogP contribution in [-0.2, 0) is 21.7 Å². The van der Waals surface area contributed by atoms with Crippen molar-refractivity contribution in [3.05, 3.63) is 269 Å². The van der Waals surface area contributed by atoms with Crippen molar-refractivity contribution in [2.24, 2.45) is 0 Å². The van der Waals surface area contributed by atoms with Gasteiger partial charge in [0.15, 0.2) is 0 Å². The van der Waals surface area contributed by atoms with Gasteiger partial charge < -0.3 is 14.4 Å². The van der Waals surface area contributed by atoms with Gasteiger partial charge in [0.1, 0.15) is 0 Å². The largest absolute Gasteiger partial charge is 0.309 e. The molecule has 4 heteroatoms. The van der Waals surface area contributed by atoms with Crippen molar-refractivity contribution >= 4 is 87.4 Å². The van der Waals surface area contributed by atoms with E-state index in [4.69, 9.17) is 0 Å². The zero-order valence-electron chi connectivity index (χ0n) is 47.6. The van der Waals surface area contributed by atoms with E-state index in [9.17, 15) is 0 Å². The summed E-state index contributed by atoms with van der Waals surface area (Å²) in [6.07, 6.45) is 0. The number of hydrogen-bond donors (Lipinski definition) is 0. The molecule has 0 fully saturated rings.